The molecular formula is C41H44N4O7S2. The smallest absolute Gasteiger partial charge is 0.341 e. The van der Waals surface area contributed by atoms with Gasteiger partial charge in [0.1, 0.15) is 10.7 Å². The van der Waals surface area contributed by atoms with Gasteiger partial charge in [-0.05, 0) is 92.0 Å². The number of carbonyl (C=O) groups is 4. The second kappa shape index (κ2) is 17.7. The lowest BCUT2D eigenvalue weighted by molar-refractivity contribution is -0.385. The fourth-order valence-corrected chi connectivity index (χ4v) is 8.56. The number of nitro groups is 1. The molecule has 54 heavy (non-hydrogen) atoms. The number of hydrogen-bond acceptors (Lipinski definition) is 9. The highest BCUT2D eigenvalue weighted by Gasteiger charge is 2.35. The zero-order valence-corrected chi connectivity index (χ0v) is 32.5. The van der Waals surface area contributed by atoms with Crippen LogP contribution in [0.15, 0.2) is 89.5 Å². The van der Waals surface area contributed by atoms with Crippen molar-refractivity contribution in [2.75, 3.05) is 17.2 Å². The van der Waals surface area contributed by atoms with Crippen LogP contribution in [0.4, 0.5) is 16.4 Å². The number of benzene rings is 3. The summed E-state index contributed by atoms with van der Waals surface area (Å²) >= 11 is 2.76. The van der Waals surface area contributed by atoms with Gasteiger partial charge >= 0.3 is 5.97 Å². The molecule has 11 nitrogen and oxygen atoms in total. The van der Waals surface area contributed by atoms with Crippen molar-refractivity contribution in [3.63, 3.8) is 0 Å². The van der Waals surface area contributed by atoms with Crippen LogP contribution in [-0.2, 0) is 27.2 Å². The number of nitrogens with zero attached hydrogens (tertiary/aromatic N) is 1. The lowest BCUT2D eigenvalue weighted by Crippen LogP contribution is -2.30. The SMILES string of the molecule is CCOC(=O)c1c(NC(=O)C(CC)Sc2cccc(NC(=O)/C(=C\c3ccccc3[N+](=O)[O-])NC(=O)c3ccccc3)c2)sc2c1CCC(C(C)(C)C)C2. The Hall–Kier alpha value is -5.27. The van der Waals surface area contributed by atoms with Gasteiger partial charge in [-0.15, -0.1) is 23.1 Å². The largest absolute Gasteiger partial charge is 0.462 e. The van der Waals surface area contributed by atoms with E-state index in [2.05, 4.69) is 36.7 Å². The minimum absolute atomic E-state index is 0.115. The van der Waals surface area contributed by atoms with Gasteiger partial charge in [-0.3, -0.25) is 24.5 Å². The van der Waals surface area contributed by atoms with Gasteiger partial charge in [0.15, 0.2) is 0 Å². The fourth-order valence-electron chi connectivity index (χ4n) is 6.23. The first-order chi connectivity index (χ1) is 25.8. The summed E-state index contributed by atoms with van der Waals surface area (Å²) in [7, 11) is 0. The standard InChI is InChI=1S/C41H44N4O7S2/c1-6-33(38(48)44-39-35(40(49)52-7-2)30-21-20-27(41(3,4)5)23-34(30)54-39)53-29-18-13-17-28(24-29)42-37(47)31(43-36(46)25-14-9-8-10-15-25)22-26-16-11-12-19-32(26)45(50)51/h8-19,22,24,27,33H,6-7,20-21,23H2,1-5H3,(H,42,47)(H,43,46)(H,44,48)/b31-22+. The minimum atomic E-state index is -0.703. The van der Waals surface area contributed by atoms with E-state index in [1.165, 1.54) is 47.4 Å². The monoisotopic (exact) mass is 768 g/mol. The van der Waals surface area contributed by atoms with Crippen LogP contribution >= 0.6 is 23.1 Å². The number of nitro benzene ring substituents is 1. The molecule has 1 aromatic heterocycles. The Morgan fingerprint density at radius 2 is 1.72 bits per heavy atom. The molecule has 2 atom stereocenters. The third-order valence-electron chi connectivity index (χ3n) is 9.20. The average Bonchev–Trinajstić information content (AvgIpc) is 3.51. The Kier molecular flexibility index (Phi) is 13.1. The summed E-state index contributed by atoms with van der Waals surface area (Å²) in [6.45, 7) is 10.6. The number of nitrogens with one attached hydrogen (secondary N) is 3. The molecule has 282 valence electrons. The number of thioether (sulfide) groups is 1. The molecule has 0 spiro atoms. The molecule has 0 aliphatic heterocycles. The number of esters is 1. The molecule has 2 unspecified atom stereocenters. The van der Waals surface area contributed by atoms with Crippen LogP contribution in [0.25, 0.3) is 6.08 Å². The summed E-state index contributed by atoms with van der Waals surface area (Å²) in [6.07, 6.45) is 4.28. The molecule has 0 bridgehead atoms. The van der Waals surface area contributed by atoms with E-state index in [1.807, 2.05) is 13.0 Å². The van der Waals surface area contributed by atoms with Gasteiger partial charge in [-0.1, -0.05) is 64.1 Å². The summed E-state index contributed by atoms with van der Waals surface area (Å²) in [5, 5.41) is 20.1. The van der Waals surface area contributed by atoms with E-state index in [0.29, 0.717) is 39.0 Å². The van der Waals surface area contributed by atoms with Crippen LogP contribution in [0.2, 0.25) is 0 Å². The molecule has 5 rings (SSSR count). The summed E-state index contributed by atoms with van der Waals surface area (Å²) in [5.74, 6) is -1.50. The lowest BCUT2D eigenvalue weighted by Gasteiger charge is -2.33. The van der Waals surface area contributed by atoms with Crippen LogP contribution < -0.4 is 16.0 Å². The van der Waals surface area contributed by atoms with Gasteiger partial charge in [0.2, 0.25) is 5.91 Å². The molecule has 1 heterocycles. The number of ether oxygens (including phenoxy) is 1. The maximum Gasteiger partial charge on any atom is 0.341 e. The third-order valence-corrected chi connectivity index (χ3v) is 11.7. The minimum Gasteiger partial charge on any atom is -0.462 e. The van der Waals surface area contributed by atoms with Crippen molar-refractivity contribution in [1.29, 1.82) is 0 Å². The van der Waals surface area contributed by atoms with Crippen LogP contribution in [-0.4, -0.2) is 40.5 Å². The van der Waals surface area contributed by atoms with E-state index < -0.39 is 28.0 Å². The van der Waals surface area contributed by atoms with Gasteiger partial charge in [-0.2, -0.15) is 0 Å². The second-order valence-corrected chi connectivity index (χ2v) is 16.3. The van der Waals surface area contributed by atoms with Crippen molar-refractivity contribution in [3.05, 3.63) is 122 Å². The molecule has 0 saturated heterocycles. The zero-order chi connectivity index (χ0) is 39.0. The maximum absolute atomic E-state index is 13.8. The first kappa shape index (κ1) is 39.9. The first-order valence-electron chi connectivity index (χ1n) is 17.8. The molecule has 3 aromatic carbocycles. The third kappa shape index (κ3) is 9.83. The Labute approximate surface area is 323 Å². The topological polar surface area (TPSA) is 157 Å². The predicted molar refractivity (Wildman–Crippen MR) is 214 cm³/mol. The van der Waals surface area contributed by atoms with Crippen molar-refractivity contribution in [1.82, 2.24) is 5.32 Å². The molecule has 0 fully saturated rings. The van der Waals surface area contributed by atoms with E-state index in [0.717, 1.165) is 29.7 Å². The molecule has 1 aliphatic carbocycles. The van der Waals surface area contributed by atoms with Crippen molar-refractivity contribution < 1.29 is 28.8 Å². The number of thiophene rings is 1. The number of carbonyl (C=O) groups excluding carboxylic acids is 4. The van der Waals surface area contributed by atoms with Gasteiger partial charge in [0, 0.05) is 27.1 Å². The Balaban J connectivity index is 1.35. The molecule has 0 saturated carbocycles. The Morgan fingerprint density at radius 1 is 1.00 bits per heavy atom. The number of fused-ring (bicyclic) bond motifs is 1. The van der Waals surface area contributed by atoms with Gasteiger partial charge < -0.3 is 20.7 Å². The highest BCUT2D eigenvalue weighted by molar-refractivity contribution is 8.00. The number of amides is 3. The Morgan fingerprint density at radius 3 is 2.41 bits per heavy atom. The second-order valence-electron chi connectivity index (χ2n) is 13.9. The van der Waals surface area contributed by atoms with Crippen LogP contribution in [0, 0.1) is 21.4 Å². The summed E-state index contributed by atoms with van der Waals surface area (Å²) < 4.78 is 5.43. The summed E-state index contributed by atoms with van der Waals surface area (Å²) in [4.78, 5) is 66.7. The average molecular weight is 769 g/mol. The molecule has 0 radical (unpaired) electrons. The van der Waals surface area contributed by atoms with E-state index in [-0.39, 0.29) is 34.9 Å². The molecule has 4 aromatic rings. The molecule has 3 amide bonds. The maximum atomic E-state index is 13.8. The van der Waals surface area contributed by atoms with E-state index in [9.17, 15) is 29.3 Å². The first-order valence-corrected chi connectivity index (χ1v) is 19.5. The van der Waals surface area contributed by atoms with E-state index >= 15 is 0 Å². The molecule has 1 aliphatic rings. The Bertz CT molecular complexity index is 2070. The fraction of sp³-hybridized carbons (Fsp3) is 0.317. The number of hydrogen-bond donors (Lipinski definition) is 3. The predicted octanol–water partition coefficient (Wildman–Crippen LogP) is 8.90. The van der Waals surface area contributed by atoms with E-state index in [1.54, 1.807) is 61.5 Å². The van der Waals surface area contributed by atoms with Crippen LogP contribution in [0.1, 0.15) is 84.2 Å². The van der Waals surface area contributed by atoms with Crippen molar-refractivity contribution >= 4 is 69.2 Å². The van der Waals surface area contributed by atoms with Crippen molar-refractivity contribution in [2.45, 2.75) is 70.4 Å². The normalized spacial score (nSPS) is 14.7. The summed E-state index contributed by atoms with van der Waals surface area (Å²) in [6, 6.07) is 21.1. The van der Waals surface area contributed by atoms with Crippen LogP contribution in [0.3, 0.4) is 0 Å². The van der Waals surface area contributed by atoms with Crippen molar-refractivity contribution in [2.24, 2.45) is 11.3 Å². The van der Waals surface area contributed by atoms with Crippen molar-refractivity contribution in [3.8, 4) is 0 Å². The molecular weight excluding hydrogens is 725 g/mol. The quantitative estimate of drug-likeness (QED) is 0.0400. The van der Waals surface area contributed by atoms with Gasteiger partial charge in [-0.25, -0.2) is 4.79 Å². The van der Waals surface area contributed by atoms with Gasteiger partial charge in [0.05, 0.1) is 27.9 Å². The number of para-hydroxylation sites is 1. The highest BCUT2D eigenvalue weighted by Crippen LogP contribution is 2.45. The highest BCUT2D eigenvalue weighted by atomic mass is 32.2. The van der Waals surface area contributed by atoms with Crippen LogP contribution in [0.5, 0.6) is 0 Å². The van der Waals surface area contributed by atoms with E-state index in [4.69, 9.17) is 4.74 Å². The number of rotatable bonds is 13. The zero-order valence-electron chi connectivity index (χ0n) is 30.9. The molecule has 3 N–H and O–H groups in total. The summed E-state index contributed by atoms with van der Waals surface area (Å²) in [5.41, 5.74) is 1.91. The lowest BCUT2D eigenvalue weighted by atomic mass is 9.72. The number of anilines is 2. The molecule has 13 heteroatoms. The van der Waals surface area contributed by atoms with Gasteiger partial charge in [0.25, 0.3) is 17.5 Å².